The topological polar surface area (TPSA) is 32.8 Å². The number of hydrogen-bond donors (Lipinski definition) is 0. The largest absolute Gasteiger partial charge is 0.456 e. The van der Waals surface area contributed by atoms with Gasteiger partial charge in [-0.05, 0) is 168 Å². The van der Waals surface area contributed by atoms with Gasteiger partial charge in [0.25, 0.3) is 0 Å². The van der Waals surface area contributed by atoms with Crippen molar-refractivity contribution in [3.8, 4) is 11.1 Å². The third-order valence-electron chi connectivity index (χ3n) is 12.9. The van der Waals surface area contributed by atoms with Crippen molar-refractivity contribution >= 4 is 99.5 Å². The van der Waals surface area contributed by atoms with Gasteiger partial charge in [0, 0.05) is 61.2 Å². The van der Waals surface area contributed by atoms with Crippen LogP contribution in [0.1, 0.15) is 22.3 Å². The monoisotopic (exact) mass is 824 g/mol. The van der Waals surface area contributed by atoms with Gasteiger partial charge < -0.3 is 18.6 Å². The van der Waals surface area contributed by atoms with Crippen LogP contribution in [0.25, 0.3) is 76.5 Å². The molecule has 64 heavy (non-hydrogen) atoms. The van der Waals surface area contributed by atoms with E-state index in [0.717, 1.165) is 111 Å². The van der Waals surface area contributed by atoms with E-state index >= 15 is 0 Å². The first-order valence-electron chi connectivity index (χ1n) is 22.0. The molecule has 0 aliphatic rings. The van der Waals surface area contributed by atoms with E-state index < -0.39 is 0 Å². The van der Waals surface area contributed by atoms with E-state index in [4.69, 9.17) is 8.83 Å². The summed E-state index contributed by atoms with van der Waals surface area (Å²) in [6.45, 7) is 8.67. The van der Waals surface area contributed by atoms with Gasteiger partial charge in [-0.3, -0.25) is 0 Å². The fraction of sp³-hybridized carbons (Fsp3) is 0.0667. The highest BCUT2D eigenvalue weighted by Gasteiger charge is 2.23. The Kier molecular flexibility index (Phi) is 8.70. The average Bonchev–Trinajstić information content (AvgIpc) is 3.86. The smallest absolute Gasteiger partial charge is 0.144 e. The van der Waals surface area contributed by atoms with Crippen LogP contribution in [0.4, 0.5) is 34.1 Å². The summed E-state index contributed by atoms with van der Waals surface area (Å²) in [6, 6.07) is 69.8. The van der Waals surface area contributed by atoms with Crippen molar-refractivity contribution < 1.29 is 8.83 Å². The maximum absolute atomic E-state index is 7.05. The predicted octanol–water partition coefficient (Wildman–Crippen LogP) is 17.6. The van der Waals surface area contributed by atoms with E-state index in [9.17, 15) is 0 Å². The zero-order valence-electron chi connectivity index (χ0n) is 36.2. The third-order valence-corrected chi connectivity index (χ3v) is 12.9. The molecular formula is C60H44N2O2. The molecule has 306 valence electrons. The second kappa shape index (κ2) is 14.8. The van der Waals surface area contributed by atoms with Crippen LogP contribution >= 0.6 is 0 Å². The Morgan fingerprint density at radius 2 is 0.844 bits per heavy atom. The summed E-state index contributed by atoms with van der Waals surface area (Å²) in [7, 11) is 0. The third kappa shape index (κ3) is 6.21. The molecule has 0 radical (unpaired) electrons. The second-order valence-electron chi connectivity index (χ2n) is 17.3. The fourth-order valence-electron chi connectivity index (χ4n) is 9.71. The van der Waals surface area contributed by atoms with E-state index in [0.29, 0.717) is 0 Å². The lowest BCUT2D eigenvalue weighted by Crippen LogP contribution is -2.11. The number of fused-ring (bicyclic) bond motifs is 8. The van der Waals surface area contributed by atoms with Gasteiger partial charge in [0.05, 0.1) is 0 Å². The minimum Gasteiger partial charge on any atom is -0.456 e. The van der Waals surface area contributed by atoms with Gasteiger partial charge in [-0.25, -0.2) is 0 Å². The highest BCUT2D eigenvalue weighted by atomic mass is 16.3. The van der Waals surface area contributed by atoms with Crippen molar-refractivity contribution in [2.24, 2.45) is 0 Å². The normalized spacial score (nSPS) is 11.8. The van der Waals surface area contributed by atoms with E-state index in [1.807, 2.05) is 0 Å². The molecule has 4 heteroatoms. The lowest BCUT2D eigenvalue weighted by atomic mass is 9.95. The van der Waals surface area contributed by atoms with Crippen molar-refractivity contribution in [3.05, 3.63) is 216 Å². The van der Waals surface area contributed by atoms with Crippen LogP contribution in [-0.4, -0.2) is 0 Å². The number of para-hydroxylation sites is 2. The maximum Gasteiger partial charge on any atom is 0.144 e. The van der Waals surface area contributed by atoms with Gasteiger partial charge in [0.15, 0.2) is 0 Å². The summed E-state index contributed by atoms with van der Waals surface area (Å²) in [5, 5.41) is 8.72. The Bertz CT molecular complexity index is 3660. The number of benzene rings is 10. The van der Waals surface area contributed by atoms with Crippen LogP contribution < -0.4 is 9.80 Å². The lowest BCUT2D eigenvalue weighted by Gasteiger charge is -2.27. The molecule has 4 nitrogen and oxygen atoms in total. The Hall–Kier alpha value is -8.08. The lowest BCUT2D eigenvalue weighted by molar-refractivity contribution is 0.665. The van der Waals surface area contributed by atoms with E-state index in [1.165, 1.54) is 22.3 Å². The van der Waals surface area contributed by atoms with Crippen molar-refractivity contribution in [1.82, 2.24) is 0 Å². The molecule has 0 N–H and O–H groups in total. The van der Waals surface area contributed by atoms with Crippen LogP contribution in [0.15, 0.2) is 203 Å². The van der Waals surface area contributed by atoms with E-state index in [-0.39, 0.29) is 0 Å². The molecular weight excluding hydrogens is 781 g/mol. The average molecular weight is 825 g/mol. The molecule has 12 rings (SSSR count). The van der Waals surface area contributed by atoms with Gasteiger partial charge in [-0.2, -0.15) is 0 Å². The number of hydrogen-bond acceptors (Lipinski definition) is 4. The summed E-state index contributed by atoms with van der Waals surface area (Å²) >= 11 is 0. The predicted molar refractivity (Wildman–Crippen MR) is 270 cm³/mol. The highest BCUT2D eigenvalue weighted by Crippen LogP contribution is 2.47. The van der Waals surface area contributed by atoms with Gasteiger partial charge in [-0.15, -0.1) is 0 Å². The first-order valence-corrected chi connectivity index (χ1v) is 22.0. The molecule has 0 spiro atoms. The first kappa shape index (κ1) is 37.7. The molecule has 0 unspecified atom stereocenters. The van der Waals surface area contributed by atoms with Gasteiger partial charge in [0.2, 0.25) is 0 Å². The Labute approximate surface area is 371 Å². The Morgan fingerprint density at radius 3 is 1.39 bits per heavy atom. The minimum absolute atomic E-state index is 0.836. The van der Waals surface area contributed by atoms with Crippen LogP contribution in [0.2, 0.25) is 0 Å². The van der Waals surface area contributed by atoms with Crippen molar-refractivity contribution in [1.29, 1.82) is 0 Å². The summed E-state index contributed by atoms with van der Waals surface area (Å²) < 4.78 is 14.0. The molecule has 0 aliphatic heterocycles. The molecule has 0 saturated carbocycles. The molecule has 0 amide bonds. The maximum atomic E-state index is 7.05. The first-order chi connectivity index (χ1) is 31.3. The highest BCUT2D eigenvalue weighted by molar-refractivity contribution is 6.25. The molecule has 0 saturated heterocycles. The van der Waals surface area contributed by atoms with E-state index in [1.54, 1.807) is 0 Å². The summed E-state index contributed by atoms with van der Waals surface area (Å²) in [5.74, 6) is 0. The molecule has 2 aromatic heterocycles. The summed E-state index contributed by atoms with van der Waals surface area (Å²) in [5.41, 5.74) is 17.1. The van der Waals surface area contributed by atoms with Crippen molar-refractivity contribution in [3.63, 3.8) is 0 Å². The summed E-state index contributed by atoms with van der Waals surface area (Å²) in [4.78, 5) is 4.71. The second-order valence-corrected chi connectivity index (χ2v) is 17.3. The van der Waals surface area contributed by atoms with Crippen molar-refractivity contribution in [2.45, 2.75) is 27.7 Å². The molecule has 2 heterocycles. The van der Waals surface area contributed by atoms with Crippen LogP contribution in [-0.2, 0) is 0 Å². The van der Waals surface area contributed by atoms with Crippen molar-refractivity contribution in [2.75, 3.05) is 9.80 Å². The molecule has 0 aliphatic carbocycles. The minimum atomic E-state index is 0.836. The molecule has 0 fully saturated rings. The number of rotatable bonds is 7. The van der Waals surface area contributed by atoms with Crippen LogP contribution in [0.3, 0.4) is 0 Å². The van der Waals surface area contributed by atoms with Gasteiger partial charge in [0.1, 0.15) is 22.3 Å². The zero-order chi connectivity index (χ0) is 43.1. The Balaban J connectivity index is 1.04. The standard InChI is InChI=1S/C60H44N2O2/c1-37-20-22-39(3)53(28-37)61(46-16-10-6-11-17-46)48-26-24-42-32-50-51-36-57-59(58(41-14-8-5-9-15-41)60(51)64-55(50)34-44(42)30-48)52-33-43-25-27-49(31-45(43)35-56(52)63-57)62(47-18-12-7-13-19-47)54-29-38(2)21-23-40(54)4/h5-36H,1-4H3. The Morgan fingerprint density at radius 1 is 0.344 bits per heavy atom. The van der Waals surface area contributed by atoms with Gasteiger partial charge >= 0.3 is 0 Å². The molecule has 0 bridgehead atoms. The molecule has 0 atom stereocenters. The molecule has 10 aromatic carbocycles. The summed E-state index contributed by atoms with van der Waals surface area (Å²) in [6.07, 6.45) is 0. The number of furan rings is 2. The van der Waals surface area contributed by atoms with Crippen LogP contribution in [0, 0.1) is 27.7 Å². The van der Waals surface area contributed by atoms with Crippen LogP contribution in [0.5, 0.6) is 0 Å². The number of anilines is 6. The quantitative estimate of drug-likeness (QED) is 0.160. The molecule has 12 aromatic rings. The zero-order valence-corrected chi connectivity index (χ0v) is 36.2. The van der Waals surface area contributed by atoms with E-state index in [2.05, 4.69) is 232 Å². The number of aryl methyl sites for hydroxylation is 4. The fourth-order valence-corrected chi connectivity index (χ4v) is 9.71. The van der Waals surface area contributed by atoms with Gasteiger partial charge in [-0.1, -0.05) is 103 Å². The number of nitrogens with zero attached hydrogens (tertiary/aromatic N) is 2. The SMILES string of the molecule is Cc1ccc(C)c(N(c2ccccc2)c2ccc3cc4c(cc3c2)oc2c(-c3ccccc3)c3c(cc24)oc2cc4cc(N(c5ccccc5)c5cc(C)ccc5C)ccc4cc23)c1.